The van der Waals surface area contributed by atoms with Gasteiger partial charge in [-0.25, -0.2) is 0 Å². The Morgan fingerprint density at radius 1 is 1.21 bits per heavy atom. The molecule has 1 heterocycles. The lowest BCUT2D eigenvalue weighted by molar-refractivity contribution is -0.118. The molecule has 5 heteroatoms. The highest BCUT2D eigenvalue weighted by Gasteiger charge is 2.15. The number of amides is 1. The van der Waals surface area contributed by atoms with Crippen LogP contribution < -0.4 is 5.32 Å². The van der Waals surface area contributed by atoms with Crippen LogP contribution in [0.3, 0.4) is 0 Å². The monoisotopic (exact) mass is 343 g/mol. The molecule has 24 heavy (non-hydrogen) atoms. The molecule has 1 aromatic heterocycles. The van der Waals surface area contributed by atoms with Crippen molar-refractivity contribution in [1.29, 1.82) is 0 Å². The number of benzene rings is 1. The van der Waals surface area contributed by atoms with E-state index in [9.17, 15) is 4.79 Å². The molecule has 1 atom stereocenters. The minimum Gasteiger partial charge on any atom is -0.353 e. The van der Waals surface area contributed by atoms with Crippen LogP contribution in [0.15, 0.2) is 48.7 Å². The highest BCUT2D eigenvalue weighted by atomic mass is 32.2. The van der Waals surface area contributed by atoms with E-state index < -0.39 is 0 Å². The van der Waals surface area contributed by atoms with Crippen LogP contribution in [-0.2, 0) is 10.5 Å². The first-order valence-corrected chi connectivity index (χ1v) is 9.19. The van der Waals surface area contributed by atoms with Crippen molar-refractivity contribution < 1.29 is 4.79 Å². The summed E-state index contributed by atoms with van der Waals surface area (Å²) in [7, 11) is 4.07. The van der Waals surface area contributed by atoms with Crippen molar-refractivity contribution in [2.75, 3.05) is 26.4 Å². The van der Waals surface area contributed by atoms with Crippen molar-refractivity contribution in [3.8, 4) is 0 Å². The van der Waals surface area contributed by atoms with Crippen LogP contribution in [0.1, 0.15) is 22.9 Å². The van der Waals surface area contributed by atoms with E-state index in [1.165, 1.54) is 11.1 Å². The van der Waals surface area contributed by atoms with E-state index in [1.54, 1.807) is 18.0 Å². The number of pyridine rings is 1. The minimum atomic E-state index is 0.0647. The van der Waals surface area contributed by atoms with Crippen LogP contribution in [0.5, 0.6) is 0 Å². The molecule has 2 rings (SSSR count). The summed E-state index contributed by atoms with van der Waals surface area (Å²) in [6, 6.07) is 14.5. The lowest BCUT2D eigenvalue weighted by Crippen LogP contribution is -2.35. The number of carbonyl (C=O) groups is 1. The Hall–Kier alpha value is -1.85. The van der Waals surface area contributed by atoms with Gasteiger partial charge in [-0.2, -0.15) is 0 Å². The molecule has 0 aliphatic heterocycles. The molecule has 0 unspecified atom stereocenters. The van der Waals surface area contributed by atoms with Gasteiger partial charge in [-0.05, 0) is 38.7 Å². The van der Waals surface area contributed by atoms with Gasteiger partial charge in [-0.1, -0.05) is 35.9 Å². The van der Waals surface area contributed by atoms with Crippen LogP contribution in [0.4, 0.5) is 0 Å². The van der Waals surface area contributed by atoms with Crippen molar-refractivity contribution >= 4 is 17.7 Å². The highest BCUT2D eigenvalue weighted by molar-refractivity contribution is 7.99. The zero-order valence-corrected chi connectivity index (χ0v) is 15.3. The summed E-state index contributed by atoms with van der Waals surface area (Å²) in [5, 5.41) is 3.04. The zero-order chi connectivity index (χ0) is 17.4. The summed E-state index contributed by atoms with van der Waals surface area (Å²) in [5.74, 6) is 1.27. The third kappa shape index (κ3) is 5.98. The van der Waals surface area contributed by atoms with Crippen LogP contribution in [0.25, 0.3) is 0 Å². The van der Waals surface area contributed by atoms with Crippen molar-refractivity contribution in [2.24, 2.45) is 0 Å². The average molecular weight is 343 g/mol. The second kappa shape index (κ2) is 9.45. The Morgan fingerprint density at radius 3 is 2.58 bits per heavy atom. The molecular weight excluding hydrogens is 318 g/mol. The molecule has 128 valence electrons. The number of hydrogen-bond acceptors (Lipinski definition) is 4. The molecule has 0 radical (unpaired) electrons. The molecule has 0 spiro atoms. The molecule has 2 aromatic rings. The maximum Gasteiger partial charge on any atom is 0.230 e. The van der Waals surface area contributed by atoms with Gasteiger partial charge < -0.3 is 10.2 Å². The molecule has 0 aliphatic carbocycles. The normalized spacial score (nSPS) is 12.2. The van der Waals surface area contributed by atoms with Crippen molar-refractivity contribution in [3.63, 3.8) is 0 Å². The van der Waals surface area contributed by atoms with Crippen molar-refractivity contribution in [3.05, 3.63) is 65.5 Å². The van der Waals surface area contributed by atoms with Crippen LogP contribution in [0.2, 0.25) is 0 Å². The fourth-order valence-corrected chi connectivity index (χ4v) is 3.15. The third-order valence-electron chi connectivity index (χ3n) is 3.79. The lowest BCUT2D eigenvalue weighted by atomic mass is 10.0. The Kier molecular flexibility index (Phi) is 7.28. The quantitative estimate of drug-likeness (QED) is 0.800. The minimum absolute atomic E-state index is 0.0647. The molecule has 0 saturated heterocycles. The molecule has 0 bridgehead atoms. The standard InChI is InChI=1S/C19H25N3OS/c1-15-7-9-16(10-8-15)18(22(2)3)12-21-19(23)14-24-13-17-6-4-5-11-20-17/h4-11,18H,12-14H2,1-3H3,(H,21,23)/t18-/m1/s1. The second-order valence-electron chi connectivity index (χ2n) is 6.01. The van der Waals surface area contributed by atoms with Gasteiger partial charge in [0, 0.05) is 18.5 Å². The van der Waals surface area contributed by atoms with Gasteiger partial charge in [0.1, 0.15) is 0 Å². The first-order chi connectivity index (χ1) is 11.6. The van der Waals surface area contributed by atoms with Gasteiger partial charge in [0.05, 0.1) is 17.5 Å². The fourth-order valence-electron chi connectivity index (χ4n) is 2.38. The van der Waals surface area contributed by atoms with Gasteiger partial charge in [-0.3, -0.25) is 9.78 Å². The molecule has 1 N–H and O–H groups in total. The number of carbonyl (C=O) groups excluding carboxylic acids is 1. The SMILES string of the molecule is Cc1ccc([C@@H](CNC(=O)CSCc2ccccn2)N(C)C)cc1. The Balaban J connectivity index is 1.79. The Bertz CT molecular complexity index is 629. The molecule has 1 amide bonds. The average Bonchev–Trinajstić information content (AvgIpc) is 2.57. The third-order valence-corrected chi connectivity index (χ3v) is 4.75. The summed E-state index contributed by atoms with van der Waals surface area (Å²) in [6.45, 7) is 2.69. The number of nitrogens with zero attached hydrogens (tertiary/aromatic N) is 2. The first kappa shape index (κ1) is 18.5. The fraction of sp³-hybridized carbons (Fsp3) is 0.368. The van der Waals surface area contributed by atoms with Crippen LogP contribution >= 0.6 is 11.8 Å². The van der Waals surface area contributed by atoms with Gasteiger partial charge in [0.25, 0.3) is 0 Å². The molecule has 4 nitrogen and oxygen atoms in total. The molecule has 0 saturated carbocycles. The lowest BCUT2D eigenvalue weighted by Gasteiger charge is -2.25. The second-order valence-corrected chi connectivity index (χ2v) is 6.99. The number of thioether (sulfide) groups is 1. The van der Waals surface area contributed by atoms with Crippen LogP contribution in [-0.4, -0.2) is 42.2 Å². The summed E-state index contributed by atoms with van der Waals surface area (Å²) in [6.07, 6.45) is 1.78. The summed E-state index contributed by atoms with van der Waals surface area (Å²) in [4.78, 5) is 18.5. The molecule has 0 fully saturated rings. The number of hydrogen-bond donors (Lipinski definition) is 1. The first-order valence-electron chi connectivity index (χ1n) is 8.03. The van der Waals surface area contributed by atoms with Gasteiger partial charge in [-0.15, -0.1) is 11.8 Å². The predicted molar refractivity (Wildman–Crippen MR) is 101 cm³/mol. The topological polar surface area (TPSA) is 45.2 Å². The van der Waals surface area contributed by atoms with E-state index in [-0.39, 0.29) is 11.9 Å². The van der Waals surface area contributed by atoms with Gasteiger partial charge >= 0.3 is 0 Å². The molecular formula is C19H25N3OS. The maximum absolute atomic E-state index is 12.1. The van der Waals surface area contributed by atoms with Crippen molar-refractivity contribution in [1.82, 2.24) is 15.2 Å². The van der Waals surface area contributed by atoms with E-state index in [2.05, 4.69) is 46.4 Å². The van der Waals surface area contributed by atoms with Crippen LogP contribution in [0, 0.1) is 6.92 Å². The number of aryl methyl sites for hydroxylation is 1. The van der Waals surface area contributed by atoms with E-state index in [4.69, 9.17) is 0 Å². The molecule has 1 aromatic carbocycles. The summed E-state index contributed by atoms with van der Waals surface area (Å²) in [5.41, 5.74) is 3.46. The van der Waals surface area contributed by atoms with E-state index in [0.29, 0.717) is 12.3 Å². The van der Waals surface area contributed by atoms with Gasteiger partial charge in [0.2, 0.25) is 5.91 Å². The Labute approximate surface area is 148 Å². The van der Waals surface area contributed by atoms with Crippen molar-refractivity contribution in [2.45, 2.75) is 18.7 Å². The number of rotatable bonds is 8. The smallest absolute Gasteiger partial charge is 0.230 e. The Morgan fingerprint density at radius 2 is 1.96 bits per heavy atom. The van der Waals surface area contributed by atoms with E-state index in [0.717, 1.165) is 11.4 Å². The highest BCUT2D eigenvalue weighted by Crippen LogP contribution is 2.18. The van der Waals surface area contributed by atoms with E-state index in [1.807, 2.05) is 32.3 Å². The zero-order valence-electron chi connectivity index (χ0n) is 14.5. The predicted octanol–water partition coefficient (Wildman–Crippen LogP) is 3.04. The number of nitrogens with one attached hydrogen (secondary N) is 1. The largest absolute Gasteiger partial charge is 0.353 e. The molecule has 0 aliphatic rings. The van der Waals surface area contributed by atoms with Gasteiger partial charge in [0.15, 0.2) is 0 Å². The summed E-state index contributed by atoms with van der Waals surface area (Å²) < 4.78 is 0. The number of aromatic nitrogens is 1. The summed E-state index contributed by atoms with van der Waals surface area (Å²) >= 11 is 1.58. The van der Waals surface area contributed by atoms with E-state index >= 15 is 0 Å². The maximum atomic E-state index is 12.1. The number of likely N-dealkylation sites (N-methyl/N-ethyl adjacent to an activating group) is 1.